The second kappa shape index (κ2) is 12.4. The molecule has 0 aromatic rings. The van der Waals surface area contributed by atoms with Gasteiger partial charge < -0.3 is 31.1 Å². The Bertz CT molecular complexity index is 997. The number of amides is 3. The van der Waals surface area contributed by atoms with Crippen LogP contribution in [0.3, 0.4) is 0 Å². The molecule has 4 bridgehead atoms. The molecule has 5 fully saturated rings. The minimum absolute atomic E-state index is 0.0478. The molecule has 0 aromatic heterocycles. The molecule has 3 N–H and O–H groups in total. The maximum atomic E-state index is 13.7. The number of carbonyl (C=O) groups is 5. The van der Waals surface area contributed by atoms with Gasteiger partial charge in [0.1, 0.15) is 12.1 Å². The number of piperazine rings is 1. The molecular formula is C27H40N6O6. The number of Topliss-reactive ketones (excluding diaryl/α,β-unsaturated/α-hetero) is 1. The predicted molar refractivity (Wildman–Crippen MR) is 139 cm³/mol. The number of nitrogens with one attached hydrogen (secondary N) is 2. The van der Waals surface area contributed by atoms with Crippen molar-refractivity contribution < 1.29 is 33.9 Å². The molecule has 0 unspecified atom stereocenters. The lowest BCUT2D eigenvalue weighted by Crippen LogP contribution is -2.58. The number of carboxylic acids is 1. The summed E-state index contributed by atoms with van der Waals surface area (Å²) < 4.78 is 0. The second-order valence-electron chi connectivity index (χ2n) is 12.1. The number of carbonyl (C=O) groups excluding carboxylic acids is 4. The SMILES string of the molecule is CN1CCN(C(=O)CC[C@@H](NC(=O)C23CC4CC(CC(C4)C2)C3)C(=O)N[C@@H](CCC(=O)C=[N+]=[N-])C(=O)O)CC1. The molecule has 1 heterocycles. The summed E-state index contributed by atoms with van der Waals surface area (Å²) in [5.41, 5.74) is 8.00. The van der Waals surface area contributed by atoms with E-state index in [-0.39, 0.29) is 37.5 Å². The Kier molecular flexibility index (Phi) is 9.17. The smallest absolute Gasteiger partial charge is 0.326 e. The summed E-state index contributed by atoms with van der Waals surface area (Å²) in [6, 6.07) is -2.45. The molecule has 5 rings (SSSR count). The molecule has 0 aromatic carbocycles. The number of hydrogen-bond donors (Lipinski definition) is 3. The van der Waals surface area contributed by atoms with Crippen molar-refractivity contribution in [1.82, 2.24) is 20.4 Å². The molecule has 1 saturated heterocycles. The maximum absolute atomic E-state index is 13.7. The highest BCUT2D eigenvalue weighted by molar-refractivity contribution is 6.25. The van der Waals surface area contributed by atoms with Crippen LogP contribution < -0.4 is 10.6 Å². The Labute approximate surface area is 228 Å². The third kappa shape index (κ3) is 7.10. The van der Waals surface area contributed by atoms with Gasteiger partial charge in [0, 0.05) is 44.4 Å². The van der Waals surface area contributed by atoms with Crippen LogP contribution in [0.1, 0.15) is 64.2 Å². The fraction of sp³-hybridized carbons (Fsp3) is 0.778. The molecule has 0 spiro atoms. The first-order chi connectivity index (χ1) is 18.6. The number of hydrogen-bond acceptors (Lipinski definition) is 6. The Hall–Kier alpha value is -3.11. The first-order valence-electron chi connectivity index (χ1n) is 14.1. The fourth-order valence-corrected chi connectivity index (χ4v) is 7.40. The largest absolute Gasteiger partial charge is 0.480 e. The van der Waals surface area contributed by atoms with E-state index in [4.69, 9.17) is 5.53 Å². The molecule has 39 heavy (non-hydrogen) atoms. The standard InChI is InChI=1S/C27H40N6O6/c1-32-6-8-33(9-7-32)23(35)5-4-21(24(36)30-22(25(37)38)3-2-20(34)16-29-28)31-26(39)27-13-17-10-18(14-27)12-19(11-17)15-27/h16-19,21-22H,2-15H2,1H3,(H,30,36)(H,31,39)(H,37,38)/t17?,18?,19?,21-,22+,27?/m1/s1. The van der Waals surface area contributed by atoms with E-state index >= 15 is 0 Å². The van der Waals surface area contributed by atoms with Crippen LogP contribution in [-0.2, 0) is 24.0 Å². The van der Waals surface area contributed by atoms with Crippen molar-refractivity contribution in [3.63, 3.8) is 0 Å². The second-order valence-corrected chi connectivity index (χ2v) is 12.1. The molecule has 0 radical (unpaired) electrons. The summed E-state index contributed by atoms with van der Waals surface area (Å²) in [6.07, 6.45) is 6.25. The average Bonchev–Trinajstić information content (AvgIpc) is 2.88. The van der Waals surface area contributed by atoms with Crippen molar-refractivity contribution in [2.24, 2.45) is 23.2 Å². The van der Waals surface area contributed by atoms with E-state index in [0.717, 1.165) is 51.6 Å². The summed E-state index contributed by atoms with van der Waals surface area (Å²) in [6.45, 7) is 2.72. The van der Waals surface area contributed by atoms with Gasteiger partial charge >= 0.3 is 12.2 Å². The lowest BCUT2D eigenvalue weighted by atomic mass is 9.49. The van der Waals surface area contributed by atoms with Crippen LogP contribution in [0.25, 0.3) is 5.53 Å². The highest BCUT2D eigenvalue weighted by Gasteiger charge is 2.55. The van der Waals surface area contributed by atoms with E-state index in [1.165, 1.54) is 0 Å². The van der Waals surface area contributed by atoms with Gasteiger partial charge in [0.25, 0.3) is 0 Å². The Morgan fingerprint density at radius 3 is 2.03 bits per heavy atom. The molecule has 4 aliphatic carbocycles. The van der Waals surface area contributed by atoms with Gasteiger partial charge in [-0.3, -0.25) is 19.2 Å². The third-order valence-electron chi connectivity index (χ3n) is 9.14. The van der Waals surface area contributed by atoms with Crippen molar-refractivity contribution in [3.8, 4) is 0 Å². The predicted octanol–water partition coefficient (Wildman–Crippen LogP) is 0.461. The minimum Gasteiger partial charge on any atom is -0.480 e. The quantitative estimate of drug-likeness (QED) is 0.182. The van der Waals surface area contributed by atoms with Gasteiger partial charge in [-0.25, -0.2) is 4.79 Å². The van der Waals surface area contributed by atoms with Gasteiger partial charge in [-0.15, -0.1) is 0 Å². The van der Waals surface area contributed by atoms with Crippen LogP contribution in [0.4, 0.5) is 0 Å². The summed E-state index contributed by atoms with van der Waals surface area (Å²) in [4.78, 5) is 70.0. The van der Waals surface area contributed by atoms with Gasteiger partial charge in [0.2, 0.25) is 23.5 Å². The first-order valence-corrected chi connectivity index (χ1v) is 14.1. The number of rotatable bonds is 12. The molecule has 12 nitrogen and oxygen atoms in total. The number of aliphatic carboxylic acids is 1. The third-order valence-corrected chi connectivity index (χ3v) is 9.14. The zero-order valence-corrected chi connectivity index (χ0v) is 22.6. The van der Waals surface area contributed by atoms with Crippen molar-refractivity contribution in [1.29, 1.82) is 0 Å². The van der Waals surface area contributed by atoms with E-state index in [1.54, 1.807) is 4.90 Å². The lowest BCUT2D eigenvalue weighted by molar-refractivity contribution is -0.149. The lowest BCUT2D eigenvalue weighted by Gasteiger charge is -2.55. The summed E-state index contributed by atoms with van der Waals surface area (Å²) >= 11 is 0. The van der Waals surface area contributed by atoms with Crippen LogP contribution in [0.2, 0.25) is 0 Å². The van der Waals surface area contributed by atoms with E-state index < -0.39 is 35.2 Å². The maximum Gasteiger partial charge on any atom is 0.326 e. The molecule has 5 aliphatic rings. The van der Waals surface area contributed by atoms with Crippen LogP contribution in [-0.4, -0.2) is 101 Å². The molecule has 1 aliphatic heterocycles. The molecule has 4 saturated carbocycles. The number of nitrogens with zero attached hydrogens (tertiary/aromatic N) is 4. The first kappa shape index (κ1) is 28.9. The van der Waals surface area contributed by atoms with Crippen LogP contribution in [0.15, 0.2) is 0 Å². The van der Waals surface area contributed by atoms with Crippen LogP contribution in [0, 0.1) is 23.2 Å². The van der Waals surface area contributed by atoms with Crippen molar-refractivity contribution in [3.05, 3.63) is 5.53 Å². The van der Waals surface area contributed by atoms with E-state index in [0.29, 0.717) is 37.1 Å². The highest BCUT2D eigenvalue weighted by atomic mass is 16.4. The molecular weight excluding hydrogens is 504 g/mol. The van der Waals surface area contributed by atoms with Gasteiger partial charge in [-0.2, -0.15) is 4.79 Å². The molecule has 3 amide bonds. The summed E-state index contributed by atoms with van der Waals surface area (Å²) in [7, 11) is 1.99. The van der Waals surface area contributed by atoms with Crippen LogP contribution in [0.5, 0.6) is 0 Å². The van der Waals surface area contributed by atoms with Gasteiger partial charge in [-0.05, 0) is 76.2 Å². The summed E-state index contributed by atoms with van der Waals surface area (Å²) in [5.74, 6) is -1.27. The highest BCUT2D eigenvalue weighted by Crippen LogP contribution is 2.60. The van der Waals surface area contributed by atoms with Gasteiger partial charge in [0.15, 0.2) is 0 Å². The summed E-state index contributed by atoms with van der Waals surface area (Å²) in [5, 5.41) is 15.0. The van der Waals surface area contributed by atoms with Crippen LogP contribution >= 0.6 is 0 Å². The molecule has 2 atom stereocenters. The van der Waals surface area contributed by atoms with Gasteiger partial charge in [0.05, 0.1) is 0 Å². The monoisotopic (exact) mass is 544 g/mol. The average molecular weight is 545 g/mol. The fourth-order valence-electron chi connectivity index (χ4n) is 7.40. The Balaban J connectivity index is 1.43. The zero-order chi connectivity index (χ0) is 28.2. The van der Waals surface area contributed by atoms with E-state index in [1.807, 2.05) is 7.05 Å². The molecule has 214 valence electrons. The van der Waals surface area contributed by atoms with E-state index in [9.17, 15) is 29.1 Å². The Morgan fingerprint density at radius 1 is 0.923 bits per heavy atom. The van der Waals surface area contributed by atoms with Crippen molar-refractivity contribution in [2.45, 2.75) is 76.3 Å². The number of carboxylic acid groups (broad SMARTS) is 1. The normalized spacial score (nSPS) is 29.2. The van der Waals surface area contributed by atoms with Gasteiger partial charge in [-0.1, -0.05) is 0 Å². The molecule has 12 heteroatoms. The topological polar surface area (TPSA) is 173 Å². The Morgan fingerprint density at radius 2 is 1.49 bits per heavy atom. The number of ketones is 1. The minimum atomic E-state index is -1.37. The number of likely N-dealkylation sites (N-methyl/N-ethyl adjacent to an activating group) is 1. The zero-order valence-electron chi connectivity index (χ0n) is 22.6. The van der Waals surface area contributed by atoms with Crippen molar-refractivity contribution >= 4 is 35.7 Å². The van der Waals surface area contributed by atoms with E-state index in [2.05, 4.69) is 20.3 Å². The van der Waals surface area contributed by atoms with Crippen molar-refractivity contribution in [2.75, 3.05) is 33.2 Å².